The number of H-pyrrole nitrogens is 1. The van der Waals surface area contributed by atoms with Crippen molar-refractivity contribution in [1.82, 2.24) is 15.5 Å². The van der Waals surface area contributed by atoms with Gasteiger partial charge in [0, 0.05) is 23.5 Å². The molecule has 2 atom stereocenters. The quantitative estimate of drug-likeness (QED) is 0.906. The van der Waals surface area contributed by atoms with E-state index in [1.54, 1.807) is 4.90 Å². The zero-order valence-corrected chi connectivity index (χ0v) is 13.8. The number of fused-ring (bicyclic) bond motifs is 1. The number of amides is 1. The number of rotatable bonds is 4. The molecule has 0 radical (unpaired) electrons. The van der Waals surface area contributed by atoms with Gasteiger partial charge in [0.15, 0.2) is 0 Å². The summed E-state index contributed by atoms with van der Waals surface area (Å²) in [6.07, 6.45) is 4.84. The maximum Gasteiger partial charge on any atom is 0.414 e. The van der Waals surface area contributed by atoms with Crippen LogP contribution in [-0.2, 0) is 17.6 Å². The Morgan fingerprint density at radius 1 is 1.46 bits per heavy atom. The summed E-state index contributed by atoms with van der Waals surface area (Å²) >= 11 is 0. The van der Waals surface area contributed by atoms with Crippen LogP contribution >= 0.6 is 0 Å². The third kappa shape index (κ3) is 2.89. The molecule has 1 aliphatic carbocycles. The molecule has 0 spiro atoms. The fraction of sp³-hybridized carbons (Fsp3) is 0.444. The molecule has 24 heavy (non-hydrogen) atoms. The first-order valence-electron chi connectivity index (χ1n) is 8.52. The summed E-state index contributed by atoms with van der Waals surface area (Å²) in [5.74, 6) is 0. The summed E-state index contributed by atoms with van der Waals surface area (Å²) in [7, 11) is 0. The van der Waals surface area contributed by atoms with Crippen molar-refractivity contribution in [3.05, 3.63) is 47.3 Å². The predicted molar refractivity (Wildman–Crippen MR) is 91.1 cm³/mol. The first-order valence-corrected chi connectivity index (χ1v) is 8.52. The van der Waals surface area contributed by atoms with E-state index in [4.69, 9.17) is 4.74 Å². The van der Waals surface area contributed by atoms with Crippen LogP contribution in [0.5, 0.6) is 0 Å². The van der Waals surface area contributed by atoms with Crippen LogP contribution in [0.25, 0.3) is 0 Å². The topological polar surface area (TPSA) is 70.2 Å². The number of cyclic esters (lactones) is 1. The zero-order valence-electron chi connectivity index (χ0n) is 13.8. The molecule has 1 aromatic carbocycles. The summed E-state index contributed by atoms with van der Waals surface area (Å²) in [4.78, 5) is 13.4. The fourth-order valence-corrected chi connectivity index (χ4v) is 3.60. The van der Waals surface area contributed by atoms with Gasteiger partial charge in [0.1, 0.15) is 6.61 Å². The van der Waals surface area contributed by atoms with Crippen LogP contribution in [0.3, 0.4) is 0 Å². The number of aryl methyl sites for hydroxylation is 1. The summed E-state index contributed by atoms with van der Waals surface area (Å²) in [5.41, 5.74) is 4.68. The van der Waals surface area contributed by atoms with Crippen LogP contribution in [0.15, 0.2) is 30.5 Å². The number of aromatic nitrogens is 2. The lowest BCUT2D eigenvalue weighted by Gasteiger charge is -2.27. The monoisotopic (exact) mass is 326 g/mol. The van der Waals surface area contributed by atoms with Crippen LogP contribution < -0.4 is 10.2 Å². The van der Waals surface area contributed by atoms with Gasteiger partial charge in [-0.25, -0.2) is 4.79 Å². The molecule has 6 heteroatoms. The number of ether oxygens (including phenoxy) is 1. The Bertz CT molecular complexity index is 742. The normalized spacial score (nSPS) is 21.5. The van der Waals surface area contributed by atoms with Crippen molar-refractivity contribution >= 4 is 11.8 Å². The molecule has 0 unspecified atom stereocenters. The molecule has 4 rings (SSSR count). The lowest BCUT2D eigenvalue weighted by Crippen LogP contribution is -2.36. The largest absolute Gasteiger partial charge is 0.447 e. The average Bonchev–Trinajstić information content (AvgIpc) is 3.23. The van der Waals surface area contributed by atoms with E-state index in [0.717, 1.165) is 24.9 Å². The Morgan fingerprint density at radius 2 is 2.38 bits per heavy atom. The van der Waals surface area contributed by atoms with Gasteiger partial charge in [0.05, 0.1) is 12.7 Å². The number of aromatic amines is 1. The Hall–Kier alpha value is -2.34. The molecule has 1 fully saturated rings. The third-order valence-electron chi connectivity index (χ3n) is 4.95. The molecule has 0 saturated carbocycles. The maximum absolute atomic E-state index is 11.7. The number of benzene rings is 1. The Balaban J connectivity index is 1.45. The molecular formula is C18H22N4O2. The number of hydrogen-bond donors (Lipinski definition) is 2. The number of carbonyl (C=O) groups is 1. The second-order valence-electron chi connectivity index (χ2n) is 6.56. The van der Waals surface area contributed by atoms with Crippen LogP contribution in [0.4, 0.5) is 10.5 Å². The first-order chi connectivity index (χ1) is 11.7. The van der Waals surface area contributed by atoms with E-state index >= 15 is 0 Å². The van der Waals surface area contributed by atoms with Crippen LogP contribution in [0.1, 0.15) is 36.2 Å². The molecule has 126 valence electrons. The highest BCUT2D eigenvalue weighted by atomic mass is 16.6. The molecule has 1 saturated heterocycles. The summed E-state index contributed by atoms with van der Waals surface area (Å²) in [6, 6.07) is 8.82. The van der Waals surface area contributed by atoms with E-state index in [0.29, 0.717) is 19.2 Å². The molecule has 2 N–H and O–H groups in total. The lowest BCUT2D eigenvalue weighted by molar-refractivity contribution is 0.181. The number of nitrogens with one attached hydrogen (secondary N) is 2. The zero-order chi connectivity index (χ0) is 16.5. The average molecular weight is 326 g/mol. The van der Waals surface area contributed by atoms with Crippen molar-refractivity contribution in [3.63, 3.8) is 0 Å². The van der Waals surface area contributed by atoms with E-state index in [2.05, 4.69) is 34.6 Å². The smallest absolute Gasteiger partial charge is 0.414 e. The van der Waals surface area contributed by atoms with Crippen LogP contribution in [0, 0.1) is 0 Å². The van der Waals surface area contributed by atoms with E-state index in [1.165, 1.54) is 16.8 Å². The van der Waals surface area contributed by atoms with Gasteiger partial charge in [-0.3, -0.25) is 10.00 Å². The number of hydrogen-bond acceptors (Lipinski definition) is 4. The minimum atomic E-state index is -0.257. The van der Waals surface area contributed by atoms with Gasteiger partial charge in [-0.15, -0.1) is 0 Å². The maximum atomic E-state index is 11.7. The number of carbonyl (C=O) groups excluding carboxylic acids is 1. The van der Waals surface area contributed by atoms with Crippen LogP contribution in [-0.4, -0.2) is 35.5 Å². The van der Waals surface area contributed by atoms with Gasteiger partial charge in [-0.1, -0.05) is 12.1 Å². The second kappa shape index (κ2) is 6.28. The minimum Gasteiger partial charge on any atom is -0.447 e. The molecule has 2 aromatic rings. The molecule has 1 amide bonds. The highest BCUT2D eigenvalue weighted by molar-refractivity contribution is 5.89. The van der Waals surface area contributed by atoms with Crippen molar-refractivity contribution < 1.29 is 9.53 Å². The van der Waals surface area contributed by atoms with Crippen molar-refractivity contribution in [2.24, 2.45) is 0 Å². The molecule has 2 aliphatic rings. The van der Waals surface area contributed by atoms with E-state index in [9.17, 15) is 4.79 Å². The SMILES string of the molecule is C[C@H](N[C@H]1CCc2[nH]ncc2C1)c1cccc(N2CCOC2=O)c1. The lowest BCUT2D eigenvalue weighted by atomic mass is 9.92. The Morgan fingerprint density at radius 3 is 3.21 bits per heavy atom. The van der Waals surface area contributed by atoms with Gasteiger partial charge in [-0.2, -0.15) is 5.10 Å². The summed E-state index contributed by atoms with van der Waals surface area (Å²) < 4.78 is 5.03. The standard InChI is InChI=1S/C18H22N4O2/c1-12(20-15-5-6-17-14(9-15)11-19-21-17)13-3-2-4-16(10-13)22-7-8-24-18(22)23/h2-4,10-12,15,20H,5-9H2,1H3,(H,19,21)/t12-,15-/m0/s1. The van der Waals surface area contributed by atoms with E-state index < -0.39 is 0 Å². The number of anilines is 1. The van der Waals surface area contributed by atoms with Crippen molar-refractivity contribution in [2.75, 3.05) is 18.1 Å². The predicted octanol–water partition coefficient (Wildman–Crippen LogP) is 2.57. The van der Waals surface area contributed by atoms with E-state index in [-0.39, 0.29) is 12.1 Å². The van der Waals surface area contributed by atoms with Gasteiger partial charge in [-0.05, 0) is 49.4 Å². The van der Waals surface area contributed by atoms with Gasteiger partial charge in [0.25, 0.3) is 0 Å². The van der Waals surface area contributed by atoms with Crippen molar-refractivity contribution in [3.8, 4) is 0 Å². The molecule has 1 aromatic heterocycles. The Labute approximate surface area is 141 Å². The summed E-state index contributed by atoms with van der Waals surface area (Å²) in [5, 5.41) is 10.9. The fourth-order valence-electron chi connectivity index (χ4n) is 3.60. The first kappa shape index (κ1) is 15.2. The second-order valence-corrected chi connectivity index (χ2v) is 6.56. The molecular weight excluding hydrogens is 304 g/mol. The number of nitrogens with zero attached hydrogens (tertiary/aromatic N) is 2. The minimum absolute atomic E-state index is 0.224. The highest BCUT2D eigenvalue weighted by Crippen LogP contribution is 2.25. The van der Waals surface area contributed by atoms with Gasteiger partial charge >= 0.3 is 6.09 Å². The highest BCUT2D eigenvalue weighted by Gasteiger charge is 2.25. The molecule has 0 bridgehead atoms. The van der Waals surface area contributed by atoms with Gasteiger partial charge in [0.2, 0.25) is 0 Å². The molecule has 2 heterocycles. The van der Waals surface area contributed by atoms with Crippen molar-refractivity contribution in [2.45, 2.75) is 38.3 Å². The molecule has 6 nitrogen and oxygen atoms in total. The van der Waals surface area contributed by atoms with Gasteiger partial charge < -0.3 is 10.1 Å². The summed E-state index contributed by atoms with van der Waals surface area (Å²) in [6.45, 7) is 3.26. The van der Waals surface area contributed by atoms with E-state index in [1.807, 2.05) is 18.3 Å². The molecule has 1 aliphatic heterocycles. The Kier molecular flexibility index (Phi) is 3.98. The third-order valence-corrected chi connectivity index (χ3v) is 4.95. The van der Waals surface area contributed by atoms with Crippen LogP contribution in [0.2, 0.25) is 0 Å². The van der Waals surface area contributed by atoms with Crippen molar-refractivity contribution in [1.29, 1.82) is 0 Å².